The molecule has 6 aliphatic rings. The van der Waals surface area contributed by atoms with Gasteiger partial charge in [0.1, 0.15) is 146 Å². The van der Waals surface area contributed by atoms with Crippen LogP contribution in [0.25, 0.3) is 0 Å². The summed E-state index contributed by atoms with van der Waals surface area (Å²) in [6.45, 7) is 3.04. The van der Waals surface area contributed by atoms with Crippen molar-refractivity contribution in [3.05, 3.63) is 0 Å². The standard InChI is InChI=1S/C81H152O40/c1-5-9-13-17-21-25-103-35-48(36-104-26-22-18-14-10-6-2)39-107-41-50(42-108-40-49(37-105-27-23-19-15-11-7-3)38-106-28-24-20-16-12-8-4)43-109-44-81(45-110-75-69(100)63(94)72(54(32-85)116-75)119-78-66(97)60(91)57(88)51(29-82)113-78,46-111-76-70(101)64(95)73(55(33-86)117-76)120-79-67(98)61(92)58(89)52(30-83)114-79)47-112-77-71(102)65(96)74(56(34-87)118-77)121-80-68(99)62(93)59(90)53(31-84)115-80/h48-80,82-102H,5-47H2,1-4H3/t51?,52?,53?,54?,55?,56?,57-,58-,59-,60+,61+,62?,63-,64?,65-,66?,67?,68+,69?,70+,71?,72-,73+,74-,75-,76-,77-,78-,79-,80-,81?/m1/s1. The quantitative estimate of drug-likeness (QED) is 0.0256. The van der Waals surface area contributed by atoms with Crippen molar-refractivity contribution in [3.63, 3.8) is 0 Å². The average Bonchev–Trinajstić information content (AvgIpc) is 0.791. The van der Waals surface area contributed by atoms with Crippen molar-refractivity contribution in [1.82, 2.24) is 0 Å². The van der Waals surface area contributed by atoms with Crippen LogP contribution in [0.15, 0.2) is 0 Å². The summed E-state index contributed by atoms with van der Waals surface area (Å²) in [5.41, 5.74) is -2.07. The van der Waals surface area contributed by atoms with E-state index in [2.05, 4.69) is 27.7 Å². The van der Waals surface area contributed by atoms with E-state index in [1.165, 1.54) is 0 Å². The van der Waals surface area contributed by atoms with E-state index < -0.39 is 262 Å². The molecule has 40 nitrogen and oxygen atoms in total. The molecule has 716 valence electrons. The number of hydrogen-bond donors (Lipinski definition) is 21. The summed E-state index contributed by atoms with van der Waals surface area (Å²) in [5, 5.41) is 231. The molecule has 0 spiro atoms. The summed E-state index contributed by atoms with van der Waals surface area (Å²) in [5.74, 6) is -1.12. The molecule has 31 atom stereocenters. The predicted molar refractivity (Wildman–Crippen MR) is 421 cm³/mol. The van der Waals surface area contributed by atoms with Crippen molar-refractivity contribution in [2.45, 2.75) is 340 Å². The smallest absolute Gasteiger partial charge is 0.187 e. The van der Waals surface area contributed by atoms with Gasteiger partial charge in [0.15, 0.2) is 37.7 Å². The van der Waals surface area contributed by atoms with E-state index in [1.54, 1.807) is 0 Å². The maximum Gasteiger partial charge on any atom is 0.187 e. The van der Waals surface area contributed by atoms with Gasteiger partial charge < -0.3 is 197 Å². The normalized spacial score (nSPS) is 35.6. The highest BCUT2D eigenvalue weighted by molar-refractivity contribution is 4.99. The molecule has 0 saturated carbocycles. The second kappa shape index (κ2) is 59.7. The third-order valence-corrected chi connectivity index (χ3v) is 22.7. The molecule has 6 aliphatic heterocycles. The number of aliphatic hydroxyl groups excluding tert-OH is 21. The van der Waals surface area contributed by atoms with Gasteiger partial charge in [0, 0.05) is 44.2 Å². The Hall–Kier alpha value is -1.60. The fourth-order valence-electron chi connectivity index (χ4n) is 15.0. The Bertz CT molecular complexity index is 2300. The third-order valence-electron chi connectivity index (χ3n) is 22.7. The topological polar surface area (TPSA) is 600 Å². The van der Waals surface area contributed by atoms with Gasteiger partial charge in [-0.1, -0.05) is 130 Å². The average molecular weight is 1770 g/mol. The van der Waals surface area contributed by atoms with Crippen molar-refractivity contribution >= 4 is 0 Å². The van der Waals surface area contributed by atoms with Crippen LogP contribution < -0.4 is 0 Å². The molecule has 6 heterocycles. The lowest BCUT2D eigenvalue weighted by Crippen LogP contribution is -2.65. The Kier molecular flexibility index (Phi) is 53.3. The maximum absolute atomic E-state index is 12.0. The summed E-state index contributed by atoms with van der Waals surface area (Å²) >= 11 is 0. The molecule has 0 bridgehead atoms. The highest BCUT2D eigenvalue weighted by Gasteiger charge is 2.56. The van der Waals surface area contributed by atoms with Gasteiger partial charge in [-0.05, 0) is 25.7 Å². The first-order chi connectivity index (χ1) is 58.3. The van der Waals surface area contributed by atoms with Crippen LogP contribution in [0.4, 0.5) is 0 Å². The molecule has 6 fully saturated rings. The molecule has 0 amide bonds. The molecule has 0 radical (unpaired) electrons. The van der Waals surface area contributed by atoms with Crippen molar-refractivity contribution in [1.29, 1.82) is 0 Å². The zero-order valence-corrected chi connectivity index (χ0v) is 71.1. The Morgan fingerprint density at radius 2 is 0.438 bits per heavy atom. The highest BCUT2D eigenvalue weighted by atomic mass is 16.8. The lowest BCUT2D eigenvalue weighted by atomic mass is 9.91. The minimum absolute atomic E-state index is 0.0209. The fraction of sp³-hybridized carbons (Fsp3) is 1.00. The molecule has 0 aromatic rings. The lowest BCUT2D eigenvalue weighted by molar-refractivity contribution is -0.370. The Morgan fingerprint density at radius 3 is 0.678 bits per heavy atom. The van der Waals surface area contributed by atoms with Crippen LogP contribution in [-0.4, -0.2) is 443 Å². The van der Waals surface area contributed by atoms with E-state index >= 15 is 0 Å². The van der Waals surface area contributed by atoms with Gasteiger partial charge in [-0.15, -0.1) is 0 Å². The molecule has 0 aromatic carbocycles. The van der Waals surface area contributed by atoms with Crippen LogP contribution in [0.3, 0.4) is 0 Å². The molecule has 40 heteroatoms. The van der Waals surface area contributed by atoms with Crippen molar-refractivity contribution in [2.24, 2.45) is 23.2 Å². The maximum atomic E-state index is 12.0. The largest absolute Gasteiger partial charge is 0.394 e. The van der Waals surface area contributed by atoms with Crippen LogP contribution in [0.2, 0.25) is 0 Å². The monoisotopic (exact) mass is 1760 g/mol. The summed E-state index contributed by atoms with van der Waals surface area (Å²) in [6.07, 6.45) is -36.8. The third kappa shape index (κ3) is 34.6. The van der Waals surface area contributed by atoms with E-state index in [0.717, 1.165) is 128 Å². The van der Waals surface area contributed by atoms with E-state index in [9.17, 15) is 107 Å². The second-order valence-corrected chi connectivity index (χ2v) is 33.1. The van der Waals surface area contributed by atoms with Crippen molar-refractivity contribution in [3.8, 4) is 0 Å². The van der Waals surface area contributed by atoms with Gasteiger partial charge in [-0.3, -0.25) is 0 Å². The first kappa shape index (κ1) is 108. The molecule has 0 aliphatic carbocycles. The zero-order chi connectivity index (χ0) is 88.4. The van der Waals surface area contributed by atoms with E-state index in [0.29, 0.717) is 52.9 Å². The molecule has 6 saturated heterocycles. The molecule has 6 rings (SSSR count). The van der Waals surface area contributed by atoms with Gasteiger partial charge in [0.05, 0.1) is 131 Å². The lowest BCUT2D eigenvalue weighted by Gasteiger charge is -2.47. The van der Waals surface area contributed by atoms with E-state index in [1.807, 2.05) is 0 Å². The van der Waals surface area contributed by atoms with E-state index in [4.69, 9.17) is 90.0 Å². The van der Waals surface area contributed by atoms with Crippen LogP contribution in [0.1, 0.15) is 156 Å². The minimum atomic E-state index is -2.20. The van der Waals surface area contributed by atoms with Gasteiger partial charge >= 0.3 is 0 Å². The molecule has 13 unspecified atom stereocenters. The molecular formula is C81H152O40. The summed E-state index contributed by atoms with van der Waals surface area (Å²) in [4.78, 5) is 0. The van der Waals surface area contributed by atoms with Crippen molar-refractivity contribution in [2.75, 3.05) is 152 Å². The van der Waals surface area contributed by atoms with Gasteiger partial charge in [0.25, 0.3) is 0 Å². The number of ether oxygens (including phenoxy) is 19. The van der Waals surface area contributed by atoms with Crippen LogP contribution in [-0.2, 0) is 90.0 Å². The first-order valence-electron chi connectivity index (χ1n) is 44.0. The van der Waals surface area contributed by atoms with Crippen LogP contribution in [0, 0.1) is 23.2 Å². The molecular weight excluding hydrogens is 1610 g/mol. The number of aliphatic hydroxyl groups is 21. The van der Waals surface area contributed by atoms with E-state index in [-0.39, 0.29) is 44.9 Å². The number of unbranched alkanes of at least 4 members (excludes halogenated alkanes) is 16. The van der Waals surface area contributed by atoms with Crippen LogP contribution >= 0.6 is 0 Å². The fourth-order valence-corrected chi connectivity index (χ4v) is 15.0. The summed E-state index contributed by atoms with van der Waals surface area (Å²) in [6, 6.07) is 0. The van der Waals surface area contributed by atoms with Crippen molar-refractivity contribution < 1.29 is 197 Å². The molecule has 21 N–H and O–H groups in total. The minimum Gasteiger partial charge on any atom is -0.394 e. The zero-order valence-electron chi connectivity index (χ0n) is 71.1. The Morgan fingerprint density at radius 1 is 0.223 bits per heavy atom. The van der Waals surface area contributed by atoms with Crippen LogP contribution in [0.5, 0.6) is 0 Å². The molecule has 121 heavy (non-hydrogen) atoms. The SMILES string of the molecule is CCCCCCCOCC(COCCCCCCC)COCC(COCC(COCCCCCCC)COCCCCCCC)COCC(CO[C@@H]1OC(CO)[C@@H](O[C@H]2OC(CO)[C@@H](O)[C@H](O)C2O)[C@H](O)C1O)(CO[C@@H]1OC(CO)[C@@H](O[C@H]2OC(CO)[C@@H](O)C(O)[C@@H]2O)[C@H](O)C1O)CO[C@@H]1OC(CO)[C@H](O[C@H]2OC(CO)[C@@H](O)[C@H](O)C2O)C(O)[C@@H]1O. The highest BCUT2D eigenvalue weighted by Crippen LogP contribution is 2.37. The second-order valence-electron chi connectivity index (χ2n) is 33.1. The van der Waals surface area contributed by atoms with Gasteiger partial charge in [-0.2, -0.15) is 0 Å². The number of rotatable bonds is 65. The van der Waals surface area contributed by atoms with Gasteiger partial charge in [0.2, 0.25) is 0 Å². The number of hydrogen-bond acceptors (Lipinski definition) is 40. The first-order valence-corrected chi connectivity index (χ1v) is 44.0. The Balaban J connectivity index is 1.40. The Labute approximate surface area is 710 Å². The summed E-state index contributed by atoms with van der Waals surface area (Å²) in [7, 11) is 0. The summed E-state index contributed by atoms with van der Waals surface area (Å²) < 4.78 is 116. The predicted octanol–water partition coefficient (Wildman–Crippen LogP) is -4.26. The molecule has 0 aromatic heterocycles. The van der Waals surface area contributed by atoms with Gasteiger partial charge in [-0.25, -0.2) is 0 Å².